The average molecular weight is 434 g/mol. The Morgan fingerprint density at radius 1 is 1.14 bits per heavy atom. The first-order chi connectivity index (χ1) is 13.7. The van der Waals surface area contributed by atoms with Gasteiger partial charge in [-0.3, -0.25) is 10.1 Å². The fourth-order valence-corrected chi connectivity index (χ4v) is 3.47. The minimum atomic E-state index is -3.60. The molecule has 0 spiro atoms. The minimum absolute atomic E-state index is 0.0468. The van der Waals surface area contributed by atoms with Crippen molar-refractivity contribution in [3.05, 3.63) is 66.7 Å². The zero-order chi connectivity index (χ0) is 21.4. The molecule has 0 aliphatic heterocycles. The van der Waals surface area contributed by atoms with Gasteiger partial charge in [-0.05, 0) is 74.6 Å². The van der Waals surface area contributed by atoms with Crippen molar-refractivity contribution in [2.24, 2.45) is 0 Å². The number of nitrogens with one attached hydrogen (secondary N) is 3. The van der Waals surface area contributed by atoms with E-state index in [9.17, 15) is 13.2 Å². The maximum atomic E-state index is 12.3. The summed E-state index contributed by atoms with van der Waals surface area (Å²) in [5.41, 5.74) is 0.971. The summed E-state index contributed by atoms with van der Waals surface area (Å²) in [6.07, 6.45) is 1.50. The summed E-state index contributed by atoms with van der Waals surface area (Å²) in [7, 11) is -3.60. The summed E-state index contributed by atoms with van der Waals surface area (Å²) in [6, 6.07) is 12.7. The van der Waals surface area contributed by atoms with Crippen molar-refractivity contribution in [3.8, 4) is 5.75 Å². The summed E-state index contributed by atoms with van der Waals surface area (Å²) >= 11 is 5.15. The van der Waals surface area contributed by atoms with Crippen LogP contribution in [0.2, 0.25) is 0 Å². The van der Waals surface area contributed by atoms with Gasteiger partial charge in [-0.15, -0.1) is 6.58 Å². The Balaban J connectivity index is 1.94. The number of rotatable bonds is 8. The molecule has 154 valence electrons. The summed E-state index contributed by atoms with van der Waals surface area (Å²) < 4.78 is 32.0. The van der Waals surface area contributed by atoms with E-state index in [1.807, 2.05) is 13.8 Å². The van der Waals surface area contributed by atoms with Gasteiger partial charge >= 0.3 is 0 Å². The van der Waals surface area contributed by atoms with Crippen molar-refractivity contribution in [1.29, 1.82) is 0 Å². The van der Waals surface area contributed by atoms with E-state index in [-0.39, 0.29) is 28.6 Å². The van der Waals surface area contributed by atoms with Crippen molar-refractivity contribution in [2.45, 2.75) is 24.8 Å². The van der Waals surface area contributed by atoms with Gasteiger partial charge in [-0.1, -0.05) is 6.08 Å². The van der Waals surface area contributed by atoms with E-state index in [2.05, 4.69) is 21.9 Å². The highest BCUT2D eigenvalue weighted by Crippen LogP contribution is 2.15. The molecule has 0 atom stereocenters. The normalized spacial score (nSPS) is 11.0. The van der Waals surface area contributed by atoms with Crippen molar-refractivity contribution >= 4 is 38.9 Å². The molecule has 7 nitrogen and oxygen atoms in total. The molecule has 0 aromatic heterocycles. The van der Waals surface area contributed by atoms with Crippen LogP contribution in [0.3, 0.4) is 0 Å². The van der Waals surface area contributed by atoms with E-state index in [0.29, 0.717) is 17.0 Å². The van der Waals surface area contributed by atoms with Crippen molar-refractivity contribution in [3.63, 3.8) is 0 Å². The van der Waals surface area contributed by atoms with E-state index in [1.54, 1.807) is 36.4 Å². The number of sulfonamides is 1. The van der Waals surface area contributed by atoms with E-state index < -0.39 is 10.0 Å². The molecular formula is C20H23N3O4S2. The van der Waals surface area contributed by atoms with Crippen LogP contribution < -0.4 is 20.1 Å². The third-order valence-electron chi connectivity index (χ3n) is 3.56. The third-order valence-corrected chi connectivity index (χ3v) is 5.20. The van der Waals surface area contributed by atoms with Crippen LogP contribution in [0.25, 0.3) is 0 Å². The standard InChI is InChI=1S/C20H23N3O4S2/c1-4-13-21-29(25,26)18-11-7-16(8-12-18)22-20(28)23-19(24)15-5-9-17(10-6-15)27-14(2)3/h4-12,14,21H,1,13H2,2-3H3,(H2,22,23,24,28). The highest BCUT2D eigenvalue weighted by Gasteiger charge is 2.13. The molecule has 0 fully saturated rings. The maximum absolute atomic E-state index is 12.3. The lowest BCUT2D eigenvalue weighted by atomic mass is 10.2. The van der Waals surface area contributed by atoms with Gasteiger partial charge in [0.05, 0.1) is 11.0 Å². The van der Waals surface area contributed by atoms with E-state index in [4.69, 9.17) is 17.0 Å². The molecule has 9 heteroatoms. The van der Waals surface area contributed by atoms with Crippen LogP contribution in [0.4, 0.5) is 5.69 Å². The first-order valence-electron chi connectivity index (χ1n) is 8.81. The van der Waals surface area contributed by atoms with Crippen LogP contribution >= 0.6 is 12.2 Å². The molecule has 0 unspecified atom stereocenters. The number of ether oxygens (including phenoxy) is 1. The van der Waals surface area contributed by atoms with Gasteiger partial charge in [0, 0.05) is 17.8 Å². The fraction of sp³-hybridized carbons (Fsp3) is 0.200. The zero-order valence-corrected chi connectivity index (χ0v) is 17.8. The van der Waals surface area contributed by atoms with E-state index in [0.717, 1.165) is 0 Å². The molecule has 1 amide bonds. The monoisotopic (exact) mass is 433 g/mol. The van der Waals surface area contributed by atoms with Crippen LogP contribution in [0.1, 0.15) is 24.2 Å². The van der Waals surface area contributed by atoms with Crippen LogP contribution in [0.5, 0.6) is 5.75 Å². The van der Waals surface area contributed by atoms with Crippen LogP contribution in [-0.4, -0.2) is 32.1 Å². The largest absolute Gasteiger partial charge is 0.491 e. The van der Waals surface area contributed by atoms with Gasteiger partial charge in [-0.2, -0.15) is 0 Å². The molecule has 2 aromatic carbocycles. The minimum Gasteiger partial charge on any atom is -0.491 e. The Hall–Kier alpha value is -2.75. The SMILES string of the molecule is C=CCNS(=O)(=O)c1ccc(NC(=S)NC(=O)c2ccc(OC(C)C)cc2)cc1. The molecule has 0 bridgehead atoms. The molecule has 0 radical (unpaired) electrons. The highest BCUT2D eigenvalue weighted by molar-refractivity contribution is 7.89. The third kappa shape index (κ3) is 6.97. The first kappa shape index (κ1) is 22.5. The number of carbonyl (C=O) groups is 1. The number of anilines is 1. The lowest BCUT2D eigenvalue weighted by molar-refractivity contribution is 0.0977. The molecule has 29 heavy (non-hydrogen) atoms. The summed E-state index contributed by atoms with van der Waals surface area (Å²) in [5, 5.41) is 5.52. The fourth-order valence-electron chi connectivity index (χ4n) is 2.26. The lowest BCUT2D eigenvalue weighted by Gasteiger charge is -2.12. The zero-order valence-electron chi connectivity index (χ0n) is 16.1. The number of hydrogen-bond donors (Lipinski definition) is 3. The molecule has 2 aromatic rings. The number of benzene rings is 2. The molecule has 0 saturated carbocycles. The van der Waals surface area contributed by atoms with E-state index >= 15 is 0 Å². The number of amides is 1. The number of carbonyl (C=O) groups excluding carboxylic acids is 1. The summed E-state index contributed by atoms with van der Waals surface area (Å²) in [6.45, 7) is 7.46. The second kappa shape index (κ2) is 10.1. The molecule has 0 saturated heterocycles. The van der Waals surface area contributed by atoms with Gasteiger partial charge in [0.25, 0.3) is 5.91 Å². The Morgan fingerprint density at radius 3 is 2.31 bits per heavy atom. The van der Waals surface area contributed by atoms with Crippen molar-refractivity contribution in [2.75, 3.05) is 11.9 Å². The number of thiocarbonyl (C=S) groups is 1. The molecule has 3 N–H and O–H groups in total. The Labute approximate surface area is 176 Å². The van der Waals surface area contributed by atoms with Gasteiger partial charge in [0.2, 0.25) is 10.0 Å². The van der Waals surface area contributed by atoms with Crippen LogP contribution in [0, 0.1) is 0 Å². The van der Waals surface area contributed by atoms with Gasteiger partial charge < -0.3 is 10.1 Å². The molecule has 0 aliphatic carbocycles. The van der Waals surface area contributed by atoms with Crippen molar-refractivity contribution in [1.82, 2.24) is 10.0 Å². The smallest absolute Gasteiger partial charge is 0.257 e. The second-order valence-electron chi connectivity index (χ2n) is 6.26. The van der Waals surface area contributed by atoms with Crippen LogP contribution in [0.15, 0.2) is 66.1 Å². The van der Waals surface area contributed by atoms with Gasteiger partial charge in [0.15, 0.2) is 5.11 Å². The van der Waals surface area contributed by atoms with Gasteiger partial charge in [-0.25, -0.2) is 13.1 Å². The lowest BCUT2D eigenvalue weighted by Crippen LogP contribution is -2.34. The molecular weight excluding hydrogens is 410 g/mol. The quantitative estimate of drug-likeness (QED) is 0.437. The second-order valence-corrected chi connectivity index (χ2v) is 8.44. The Morgan fingerprint density at radius 2 is 1.76 bits per heavy atom. The van der Waals surface area contributed by atoms with Gasteiger partial charge in [0.1, 0.15) is 5.75 Å². The highest BCUT2D eigenvalue weighted by atomic mass is 32.2. The summed E-state index contributed by atoms with van der Waals surface area (Å²) in [4.78, 5) is 12.4. The first-order valence-corrected chi connectivity index (χ1v) is 10.7. The van der Waals surface area contributed by atoms with E-state index in [1.165, 1.54) is 18.2 Å². The summed E-state index contributed by atoms with van der Waals surface area (Å²) in [5.74, 6) is 0.307. The van der Waals surface area contributed by atoms with Crippen LogP contribution in [-0.2, 0) is 10.0 Å². The maximum Gasteiger partial charge on any atom is 0.257 e. The molecule has 0 aliphatic rings. The number of hydrogen-bond acceptors (Lipinski definition) is 5. The molecule has 0 heterocycles. The molecule has 2 rings (SSSR count). The average Bonchev–Trinajstić information content (AvgIpc) is 2.67. The van der Waals surface area contributed by atoms with Crippen molar-refractivity contribution < 1.29 is 17.9 Å². The topological polar surface area (TPSA) is 96.5 Å². The Bertz CT molecular complexity index is 970. The predicted molar refractivity (Wildman–Crippen MR) is 118 cm³/mol. The Kier molecular flexibility index (Phi) is 7.89. The predicted octanol–water partition coefficient (Wildman–Crippen LogP) is 3.06.